The number of sulfonamides is 2. The Morgan fingerprint density at radius 1 is 1.03 bits per heavy atom. The maximum Gasteiger partial charge on any atom is 0.265 e. The first-order valence-electron chi connectivity index (χ1n) is 8.22. The average molecular weight is 439 g/mol. The van der Waals surface area contributed by atoms with Crippen molar-refractivity contribution in [2.75, 3.05) is 0 Å². The van der Waals surface area contributed by atoms with E-state index in [1.807, 2.05) is 20.8 Å². The highest BCUT2D eigenvalue weighted by molar-refractivity contribution is 7.92. The van der Waals surface area contributed by atoms with Gasteiger partial charge in [0, 0.05) is 11.0 Å². The van der Waals surface area contributed by atoms with Crippen LogP contribution in [0.3, 0.4) is 0 Å². The van der Waals surface area contributed by atoms with Crippen molar-refractivity contribution in [1.29, 1.82) is 0 Å². The van der Waals surface area contributed by atoms with E-state index in [1.54, 1.807) is 4.72 Å². The molecule has 0 fully saturated rings. The van der Waals surface area contributed by atoms with Crippen LogP contribution in [0.5, 0.6) is 0 Å². The highest BCUT2D eigenvalue weighted by Crippen LogP contribution is 2.20. The first-order valence-corrected chi connectivity index (χ1v) is 11.3. The van der Waals surface area contributed by atoms with E-state index < -0.39 is 41.6 Å². The Balaban J connectivity index is 2.36. The summed E-state index contributed by atoms with van der Waals surface area (Å²) in [6.07, 6.45) is 0. The maximum absolute atomic E-state index is 14.2. The predicted octanol–water partition coefficient (Wildman–Crippen LogP) is 1.99. The normalized spacial score (nSPS) is 12.0. The maximum atomic E-state index is 14.2. The van der Waals surface area contributed by atoms with Gasteiger partial charge in [-0.15, -0.1) is 0 Å². The van der Waals surface area contributed by atoms with Crippen LogP contribution in [-0.2, 0) is 20.0 Å². The van der Waals surface area contributed by atoms with Crippen molar-refractivity contribution in [1.82, 2.24) is 4.72 Å². The van der Waals surface area contributed by atoms with Crippen LogP contribution in [0.1, 0.15) is 36.7 Å². The lowest BCUT2D eigenvalue weighted by molar-refractivity contribution is 0.0981. The molecule has 0 saturated carbocycles. The summed E-state index contributed by atoms with van der Waals surface area (Å²) in [5, 5.41) is 5.02. The fourth-order valence-corrected chi connectivity index (χ4v) is 4.51. The van der Waals surface area contributed by atoms with Gasteiger partial charge in [-0.1, -0.05) is 24.0 Å². The molecule has 0 aliphatic heterocycles. The fourth-order valence-electron chi connectivity index (χ4n) is 2.16. The molecule has 0 bridgehead atoms. The predicted molar refractivity (Wildman–Crippen MR) is 105 cm³/mol. The van der Waals surface area contributed by atoms with Crippen molar-refractivity contribution in [2.45, 2.75) is 30.6 Å². The summed E-state index contributed by atoms with van der Waals surface area (Å²) in [6, 6.07) is 7.87. The molecular formula is C19H19FN2O5S2. The Morgan fingerprint density at radius 3 is 2.14 bits per heavy atom. The minimum Gasteiger partial charge on any atom is -0.268 e. The Kier molecular flexibility index (Phi) is 6.18. The van der Waals surface area contributed by atoms with E-state index >= 15 is 0 Å². The molecule has 0 aromatic heterocycles. The van der Waals surface area contributed by atoms with Gasteiger partial charge in [-0.3, -0.25) is 4.79 Å². The lowest BCUT2D eigenvalue weighted by Crippen LogP contribution is -2.32. The third kappa shape index (κ3) is 5.87. The number of primary sulfonamides is 1. The second-order valence-electron chi connectivity index (χ2n) is 7.12. The van der Waals surface area contributed by atoms with Crippen molar-refractivity contribution in [3.8, 4) is 11.8 Å². The molecule has 0 saturated heterocycles. The number of halogens is 1. The van der Waals surface area contributed by atoms with Crippen LogP contribution in [0.4, 0.5) is 4.39 Å². The molecule has 0 atom stereocenters. The first kappa shape index (κ1) is 22.5. The summed E-state index contributed by atoms with van der Waals surface area (Å²) in [5.74, 6) is 3.58. The lowest BCUT2D eigenvalue weighted by atomic mass is 9.97. The number of hydrogen-bond acceptors (Lipinski definition) is 5. The lowest BCUT2D eigenvalue weighted by Gasteiger charge is -2.10. The van der Waals surface area contributed by atoms with Crippen LogP contribution in [0.15, 0.2) is 52.3 Å². The molecule has 3 N–H and O–H groups in total. The second kappa shape index (κ2) is 7.94. The first-order chi connectivity index (χ1) is 13.2. The van der Waals surface area contributed by atoms with E-state index in [4.69, 9.17) is 5.14 Å². The molecule has 29 heavy (non-hydrogen) atoms. The summed E-state index contributed by atoms with van der Waals surface area (Å²) in [5.41, 5.74) is -0.577. The summed E-state index contributed by atoms with van der Waals surface area (Å²) < 4.78 is 64.1. The quantitative estimate of drug-likeness (QED) is 0.707. The number of hydrogen-bond donors (Lipinski definition) is 2. The number of rotatable bonds is 4. The van der Waals surface area contributed by atoms with Crippen molar-refractivity contribution in [2.24, 2.45) is 10.6 Å². The summed E-state index contributed by atoms with van der Waals surface area (Å²) >= 11 is 0. The molecule has 0 heterocycles. The Labute approximate surface area is 169 Å². The average Bonchev–Trinajstić information content (AvgIpc) is 2.58. The van der Waals surface area contributed by atoms with Gasteiger partial charge in [0.25, 0.3) is 15.9 Å². The van der Waals surface area contributed by atoms with Crippen LogP contribution < -0.4 is 9.86 Å². The summed E-state index contributed by atoms with van der Waals surface area (Å²) in [6.45, 7) is 5.55. The summed E-state index contributed by atoms with van der Waals surface area (Å²) in [7, 11) is -8.94. The third-order valence-corrected chi connectivity index (χ3v) is 5.96. The second-order valence-corrected chi connectivity index (χ2v) is 10.3. The van der Waals surface area contributed by atoms with Crippen LogP contribution in [0, 0.1) is 23.1 Å². The van der Waals surface area contributed by atoms with Crippen LogP contribution in [-0.4, -0.2) is 22.7 Å². The van der Waals surface area contributed by atoms with Gasteiger partial charge in [0.05, 0.1) is 5.56 Å². The van der Waals surface area contributed by atoms with Crippen LogP contribution >= 0.6 is 0 Å². The van der Waals surface area contributed by atoms with E-state index in [0.717, 1.165) is 18.2 Å². The van der Waals surface area contributed by atoms with Gasteiger partial charge in [0.1, 0.15) is 15.6 Å². The van der Waals surface area contributed by atoms with Crippen molar-refractivity contribution < 1.29 is 26.0 Å². The van der Waals surface area contributed by atoms with E-state index in [0.29, 0.717) is 0 Å². The van der Waals surface area contributed by atoms with E-state index in [-0.39, 0.29) is 16.5 Å². The Bertz CT molecular complexity index is 1240. The third-order valence-electron chi connectivity index (χ3n) is 3.48. The van der Waals surface area contributed by atoms with Gasteiger partial charge >= 0.3 is 0 Å². The van der Waals surface area contributed by atoms with Crippen LogP contribution in [0.25, 0.3) is 0 Å². The molecule has 10 heteroatoms. The molecular weight excluding hydrogens is 419 g/mol. The van der Waals surface area contributed by atoms with Crippen LogP contribution in [0.2, 0.25) is 0 Å². The molecule has 0 aliphatic rings. The molecule has 2 rings (SSSR count). The van der Waals surface area contributed by atoms with E-state index in [1.165, 1.54) is 24.3 Å². The smallest absolute Gasteiger partial charge is 0.265 e. The minimum absolute atomic E-state index is 0.0545. The Hall–Kier alpha value is -2.74. The number of nitrogens with one attached hydrogen (secondary N) is 1. The van der Waals surface area contributed by atoms with Gasteiger partial charge in [0.15, 0.2) is 0 Å². The van der Waals surface area contributed by atoms with Gasteiger partial charge in [0.2, 0.25) is 10.0 Å². The topological polar surface area (TPSA) is 123 Å². The van der Waals surface area contributed by atoms with Gasteiger partial charge < -0.3 is 0 Å². The van der Waals surface area contributed by atoms with E-state index in [2.05, 4.69) is 11.8 Å². The van der Waals surface area contributed by atoms with Crippen molar-refractivity contribution >= 4 is 26.0 Å². The zero-order valence-corrected chi connectivity index (χ0v) is 17.5. The van der Waals surface area contributed by atoms with Crippen molar-refractivity contribution in [3.63, 3.8) is 0 Å². The summed E-state index contributed by atoms with van der Waals surface area (Å²) in [4.78, 5) is 10.9. The zero-order chi connectivity index (χ0) is 22.0. The molecule has 7 nitrogen and oxygen atoms in total. The highest BCUT2D eigenvalue weighted by atomic mass is 32.2. The SMILES string of the molecule is CC(C)(C)C#Cc1ccc(C(=O)NS(=O)(=O)c2ccccc2S(N)(=O)=O)cc1F. The van der Waals surface area contributed by atoms with E-state index in [9.17, 15) is 26.0 Å². The molecule has 0 unspecified atom stereocenters. The molecule has 0 aliphatic carbocycles. The number of benzene rings is 2. The van der Waals surface area contributed by atoms with Crippen molar-refractivity contribution in [3.05, 3.63) is 59.4 Å². The fraction of sp³-hybridized carbons (Fsp3) is 0.211. The number of amides is 1. The molecule has 2 aromatic carbocycles. The number of carbonyl (C=O) groups is 1. The zero-order valence-electron chi connectivity index (χ0n) is 15.9. The Morgan fingerprint density at radius 2 is 1.62 bits per heavy atom. The molecule has 2 aromatic rings. The van der Waals surface area contributed by atoms with Gasteiger partial charge in [-0.05, 0) is 51.1 Å². The molecule has 0 spiro atoms. The van der Waals surface area contributed by atoms with Gasteiger partial charge in [-0.2, -0.15) is 0 Å². The molecule has 1 amide bonds. The number of carbonyl (C=O) groups excluding carboxylic acids is 1. The molecule has 0 radical (unpaired) electrons. The standard InChI is InChI=1S/C19H19FN2O5S2/c1-19(2,3)11-10-13-8-9-14(12-15(13)20)18(23)22-29(26,27)17-7-5-4-6-16(17)28(21,24)25/h4-9,12H,1-3H3,(H,22,23)(H2,21,24,25). The monoisotopic (exact) mass is 438 g/mol. The highest BCUT2D eigenvalue weighted by Gasteiger charge is 2.26. The van der Waals surface area contributed by atoms with Gasteiger partial charge in [-0.25, -0.2) is 31.1 Å². The molecule has 154 valence electrons. The largest absolute Gasteiger partial charge is 0.268 e. The number of nitrogens with two attached hydrogens (primary N) is 1. The minimum atomic E-state index is -4.58.